The summed E-state index contributed by atoms with van der Waals surface area (Å²) < 4.78 is 0.154. The highest BCUT2D eigenvalue weighted by Gasteiger charge is 2.53. The fraction of sp³-hybridized carbons (Fsp3) is 0.552. The number of benzene rings is 1. The van der Waals surface area contributed by atoms with E-state index >= 15 is 0 Å². The summed E-state index contributed by atoms with van der Waals surface area (Å²) in [6.45, 7) is 19.1. The van der Waals surface area contributed by atoms with Crippen LogP contribution in [0.4, 0.5) is 0 Å². The van der Waals surface area contributed by atoms with Crippen molar-refractivity contribution in [2.45, 2.75) is 77.1 Å². The van der Waals surface area contributed by atoms with E-state index < -0.39 is 5.41 Å². The first-order valence-corrected chi connectivity index (χ1v) is 13.5. The molecule has 1 saturated carbocycles. The number of hydrogen-bond donors (Lipinski definition) is 0. The van der Waals surface area contributed by atoms with Gasteiger partial charge in [0.05, 0.1) is 11.5 Å². The van der Waals surface area contributed by atoms with Gasteiger partial charge >= 0.3 is 0 Å². The highest BCUT2D eigenvalue weighted by Crippen LogP contribution is 2.53. The quantitative estimate of drug-likeness (QED) is 0.259. The van der Waals surface area contributed by atoms with Crippen molar-refractivity contribution in [3.05, 3.63) is 71.8 Å². The molecule has 1 aromatic carbocycles. The number of hydrogen-bond acceptors (Lipinski definition) is 2. The van der Waals surface area contributed by atoms with Crippen molar-refractivity contribution in [1.82, 2.24) is 4.90 Å². The van der Waals surface area contributed by atoms with Crippen LogP contribution in [0.5, 0.6) is 0 Å². The average molecular weight is 486 g/mol. The molecule has 0 N–H and O–H groups in total. The molecule has 1 aliphatic carbocycles. The molecule has 0 unspecified atom stereocenters. The van der Waals surface area contributed by atoms with E-state index in [9.17, 15) is 4.79 Å². The number of carbonyl (C=O) groups excluding carboxylic acids is 1. The topological polar surface area (TPSA) is 20.3 Å². The summed E-state index contributed by atoms with van der Waals surface area (Å²) in [6, 6.07) is 8.31. The molecule has 180 valence electrons. The van der Waals surface area contributed by atoms with E-state index in [2.05, 4.69) is 70.9 Å². The summed E-state index contributed by atoms with van der Waals surface area (Å²) >= 11 is 8.23. The molecular formula is C29H40ClNOS. The lowest BCUT2D eigenvalue weighted by Crippen LogP contribution is -2.57. The van der Waals surface area contributed by atoms with Crippen molar-refractivity contribution >= 4 is 29.3 Å². The monoisotopic (exact) mass is 485 g/mol. The zero-order chi connectivity index (χ0) is 24.4. The fourth-order valence-corrected chi connectivity index (χ4v) is 6.49. The smallest absolute Gasteiger partial charge is 0.229 e. The Kier molecular flexibility index (Phi) is 8.28. The summed E-state index contributed by atoms with van der Waals surface area (Å²) in [5, 5.41) is 0.720. The number of piperidine rings is 1. The van der Waals surface area contributed by atoms with Crippen LogP contribution in [0.25, 0.3) is 0 Å². The van der Waals surface area contributed by atoms with E-state index in [1.54, 1.807) is 0 Å². The van der Waals surface area contributed by atoms with Gasteiger partial charge in [-0.05, 0) is 61.8 Å². The Labute approximate surface area is 210 Å². The number of carbonyl (C=O) groups is 1. The second-order valence-corrected chi connectivity index (χ2v) is 13.2. The lowest BCUT2D eigenvalue weighted by Gasteiger charge is -2.52. The van der Waals surface area contributed by atoms with Crippen LogP contribution in [0, 0.1) is 17.3 Å². The minimum Gasteiger partial charge on any atom is -0.330 e. The van der Waals surface area contributed by atoms with Gasteiger partial charge in [-0.15, -0.1) is 6.58 Å². The van der Waals surface area contributed by atoms with Crippen molar-refractivity contribution in [3.8, 4) is 0 Å². The molecule has 1 aromatic rings. The minimum absolute atomic E-state index is 0.0250. The van der Waals surface area contributed by atoms with E-state index in [1.165, 1.54) is 18.4 Å². The van der Waals surface area contributed by atoms with Gasteiger partial charge in [-0.3, -0.25) is 4.79 Å². The van der Waals surface area contributed by atoms with E-state index in [0.29, 0.717) is 12.3 Å². The van der Waals surface area contributed by atoms with Gasteiger partial charge in [0.1, 0.15) is 0 Å². The van der Waals surface area contributed by atoms with Crippen LogP contribution in [0.2, 0.25) is 5.02 Å². The van der Waals surface area contributed by atoms with Gasteiger partial charge in [-0.25, -0.2) is 0 Å². The molecule has 4 heteroatoms. The van der Waals surface area contributed by atoms with Gasteiger partial charge in [0.25, 0.3) is 0 Å². The first kappa shape index (κ1) is 26.2. The largest absolute Gasteiger partial charge is 0.330 e. The maximum Gasteiger partial charge on any atom is 0.229 e. The van der Waals surface area contributed by atoms with Crippen molar-refractivity contribution in [2.24, 2.45) is 17.3 Å². The Bertz CT molecular complexity index is 895. The predicted molar refractivity (Wildman–Crippen MR) is 145 cm³/mol. The van der Waals surface area contributed by atoms with Gasteiger partial charge in [-0.2, -0.15) is 11.8 Å². The number of amides is 1. The van der Waals surface area contributed by atoms with Crippen molar-refractivity contribution in [2.75, 3.05) is 5.75 Å². The minimum atomic E-state index is -0.466. The van der Waals surface area contributed by atoms with Crippen LogP contribution >= 0.6 is 23.4 Å². The third-order valence-corrected chi connectivity index (χ3v) is 8.74. The molecule has 3 rings (SSSR count). The zero-order valence-corrected chi connectivity index (χ0v) is 22.5. The van der Waals surface area contributed by atoms with Crippen molar-refractivity contribution in [1.29, 1.82) is 0 Å². The molecule has 33 heavy (non-hydrogen) atoms. The van der Waals surface area contributed by atoms with Crippen LogP contribution in [0.1, 0.15) is 71.9 Å². The molecule has 4 atom stereocenters. The lowest BCUT2D eigenvalue weighted by molar-refractivity contribution is -0.155. The first-order chi connectivity index (χ1) is 15.5. The van der Waals surface area contributed by atoms with Crippen LogP contribution in [0.3, 0.4) is 0 Å². The number of halogens is 1. The number of thioether (sulfide) groups is 1. The standard InChI is InChI=1S/C29H40ClNOS/c1-8-17-29(7)18-24(20(9-2)10-3)26(22-13-15-23(30)16-14-22)31(27(29)32)25(21-11-12-21)19-33-28(4,5)6/h8-10,13-16,21,24-26H,1-2,11-12,17-19H2,3-7H3/b20-10+/t24-,25-,26-,29+/m1/s1. The lowest BCUT2D eigenvalue weighted by atomic mass is 9.66. The molecule has 2 nitrogen and oxygen atoms in total. The summed E-state index contributed by atoms with van der Waals surface area (Å²) in [7, 11) is 0. The molecule has 1 saturated heterocycles. The maximum atomic E-state index is 14.3. The van der Waals surface area contributed by atoms with Gasteiger partial charge in [0.15, 0.2) is 0 Å². The van der Waals surface area contributed by atoms with E-state index in [-0.39, 0.29) is 28.7 Å². The molecule has 1 aliphatic heterocycles. The predicted octanol–water partition coefficient (Wildman–Crippen LogP) is 8.25. The Balaban J connectivity index is 2.16. The van der Waals surface area contributed by atoms with Crippen molar-refractivity contribution in [3.63, 3.8) is 0 Å². The molecule has 2 aliphatic rings. The van der Waals surface area contributed by atoms with Crippen LogP contribution < -0.4 is 0 Å². The highest BCUT2D eigenvalue weighted by molar-refractivity contribution is 8.00. The van der Waals surface area contributed by atoms with Crippen LogP contribution in [0.15, 0.2) is 61.2 Å². The Morgan fingerprint density at radius 2 is 1.91 bits per heavy atom. The molecule has 0 radical (unpaired) electrons. The summed E-state index contributed by atoms with van der Waals surface area (Å²) in [6.07, 6.45) is 9.93. The van der Waals surface area contributed by atoms with Gasteiger partial charge < -0.3 is 4.90 Å². The normalized spacial score (nSPS) is 27.4. The summed E-state index contributed by atoms with van der Waals surface area (Å²) in [4.78, 5) is 16.6. The molecule has 0 aromatic heterocycles. The maximum absolute atomic E-state index is 14.3. The highest BCUT2D eigenvalue weighted by atomic mass is 35.5. The number of allylic oxidation sites excluding steroid dienone is 3. The van der Waals surface area contributed by atoms with Crippen molar-refractivity contribution < 1.29 is 4.79 Å². The zero-order valence-electron chi connectivity index (χ0n) is 20.9. The number of likely N-dealkylation sites (tertiary alicyclic amines) is 1. The number of nitrogens with zero attached hydrogens (tertiary/aromatic N) is 1. The third-order valence-electron chi connectivity index (χ3n) is 7.12. The van der Waals surface area contributed by atoms with Gasteiger partial charge in [0, 0.05) is 27.5 Å². The second kappa shape index (κ2) is 10.4. The van der Waals surface area contributed by atoms with Gasteiger partial charge in [-0.1, -0.05) is 76.2 Å². The second-order valence-electron chi connectivity index (χ2n) is 10.9. The summed E-state index contributed by atoms with van der Waals surface area (Å²) in [5.74, 6) is 1.98. The van der Waals surface area contributed by atoms with E-state index in [4.69, 9.17) is 11.6 Å². The SMILES string of the molecule is C=CC[C@@]1(C)C[C@H](/C(C=C)=C/C)[C@@H](c2ccc(Cl)cc2)N([C@H](CSC(C)(C)C)C2CC2)C1=O. The Morgan fingerprint density at radius 3 is 2.39 bits per heavy atom. The molecule has 0 spiro atoms. The van der Waals surface area contributed by atoms with Crippen LogP contribution in [-0.2, 0) is 4.79 Å². The average Bonchev–Trinajstić information content (AvgIpc) is 3.58. The van der Waals surface area contributed by atoms with Crippen LogP contribution in [-0.4, -0.2) is 27.3 Å². The summed E-state index contributed by atoms with van der Waals surface area (Å²) in [5.41, 5.74) is 1.90. The van der Waals surface area contributed by atoms with Gasteiger partial charge in [0.2, 0.25) is 5.91 Å². The Hall–Kier alpha value is -1.45. The van der Waals surface area contributed by atoms with E-state index in [1.807, 2.05) is 36.0 Å². The molecule has 1 heterocycles. The Morgan fingerprint density at radius 1 is 1.27 bits per heavy atom. The molecular weight excluding hydrogens is 446 g/mol. The molecule has 2 fully saturated rings. The van der Waals surface area contributed by atoms with E-state index in [0.717, 1.165) is 22.8 Å². The molecule has 1 amide bonds. The number of rotatable bonds is 9. The third kappa shape index (κ3) is 5.98. The fourth-order valence-electron chi connectivity index (χ4n) is 5.26. The first-order valence-electron chi connectivity index (χ1n) is 12.2. The molecule has 0 bridgehead atoms.